The Labute approximate surface area is 73.0 Å². The van der Waals surface area contributed by atoms with Crippen LogP contribution in [0.4, 0.5) is 5.69 Å². The van der Waals surface area contributed by atoms with Crippen LogP contribution in [-0.4, -0.2) is 5.11 Å². The van der Waals surface area contributed by atoms with Crippen LogP contribution in [0, 0.1) is 0 Å². The van der Waals surface area contributed by atoms with Crippen LogP contribution in [0.15, 0.2) is 18.2 Å². The van der Waals surface area contributed by atoms with Crippen LogP contribution in [0.25, 0.3) is 0 Å². The predicted molar refractivity (Wildman–Crippen MR) is 50.8 cm³/mol. The van der Waals surface area contributed by atoms with Crippen molar-refractivity contribution in [3.05, 3.63) is 29.3 Å². The molecule has 0 aliphatic carbocycles. The monoisotopic (exact) mass is 165 g/mol. The van der Waals surface area contributed by atoms with E-state index in [4.69, 9.17) is 10.8 Å². The Morgan fingerprint density at radius 3 is 2.75 bits per heavy atom. The molecule has 1 rings (SSSR count). The highest BCUT2D eigenvalue weighted by molar-refractivity contribution is 5.48. The van der Waals surface area contributed by atoms with Crippen molar-refractivity contribution in [1.29, 1.82) is 0 Å². The Kier molecular flexibility index (Phi) is 3.11. The van der Waals surface area contributed by atoms with Gasteiger partial charge in [0.25, 0.3) is 0 Å². The molecule has 0 aliphatic rings. The molecule has 0 saturated carbocycles. The summed E-state index contributed by atoms with van der Waals surface area (Å²) in [4.78, 5) is 0. The van der Waals surface area contributed by atoms with Crippen molar-refractivity contribution in [3.8, 4) is 0 Å². The summed E-state index contributed by atoms with van der Waals surface area (Å²) in [6.07, 6.45) is 2.17. The van der Waals surface area contributed by atoms with Crippen LogP contribution in [0.5, 0.6) is 0 Å². The van der Waals surface area contributed by atoms with Crippen molar-refractivity contribution in [3.63, 3.8) is 0 Å². The highest BCUT2D eigenvalue weighted by atomic mass is 16.3. The van der Waals surface area contributed by atoms with E-state index in [0.717, 1.165) is 18.4 Å². The number of benzene rings is 1. The highest BCUT2D eigenvalue weighted by Gasteiger charge is 1.98. The normalized spacial score (nSPS) is 10.2. The first kappa shape index (κ1) is 9.07. The molecule has 0 aromatic heterocycles. The van der Waals surface area contributed by atoms with E-state index in [-0.39, 0.29) is 6.61 Å². The molecule has 0 spiro atoms. The Bertz CT molecular complexity index is 258. The van der Waals surface area contributed by atoms with Crippen molar-refractivity contribution in [2.75, 3.05) is 5.73 Å². The van der Waals surface area contributed by atoms with Crippen molar-refractivity contribution >= 4 is 5.69 Å². The van der Waals surface area contributed by atoms with E-state index in [1.54, 1.807) is 0 Å². The van der Waals surface area contributed by atoms with E-state index in [9.17, 15) is 0 Å². The van der Waals surface area contributed by atoms with Crippen LogP contribution in [0.2, 0.25) is 0 Å². The second kappa shape index (κ2) is 4.12. The number of aliphatic hydroxyl groups excluding tert-OH is 1. The lowest BCUT2D eigenvalue weighted by Crippen LogP contribution is -1.95. The number of aliphatic hydroxyl groups is 1. The zero-order chi connectivity index (χ0) is 8.97. The first-order valence-corrected chi connectivity index (χ1v) is 4.26. The maximum Gasteiger partial charge on any atom is 0.0702 e. The van der Waals surface area contributed by atoms with Gasteiger partial charge in [-0.15, -0.1) is 0 Å². The second-order valence-corrected chi connectivity index (χ2v) is 2.94. The SMILES string of the molecule is CCCc1ccc(N)c(CO)c1. The molecule has 0 aliphatic heterocycles. The van der Waals surface area contributed by atoms with Crippen LogP contribution in [0.3, 0.4) is 0 Å². The number of hydrogen-bond donors (Lipinski definition) is 2. The van der Waals surface area contributed by atoms with Crippen LogP contribution in [-0.2, 0) is 13.0 Å². The summed E-state index contributed by atoms with van der Waals surface area (Å²) in [6.45, 7) is 2.17. The van der Waals surface area contributed by atoms with Gasteiger partial charge in [0.2, 0.25) is 0 Å². The Morgan fingerprint density at radius 2 is 2.17 bits per heavy atom. The Morgan fingerprint density at radius 1 is 1.42 bits per heavy atom. The zero-order valence-electron chi connectivity index (χ0n) is 7.38. The number of hydrogen-bond acceptors (Lipinski definition) is 2. The molecule has 2 heteroatoms. The van der Waals surface area contributed by atoms with E-state index in [2.05, 4.69) is 6.92 Å². The molecule has 0 atom stereocenters. The van der Waals surface area contributed by atoms with Gasteiger partial charge in [-0.1, -0.05) is 25.5 Å². The summed E-state index contributed by atoms with van der Waals surface area (Å²) >= 11 is 0. The van der Waals surface area contributed by atoms with E-state index >= 15 is 0 Å². The van der Waals surface area contributed by atoms with Gasteiger partial charge in [0.05, 0.1) is 6.61 Å². The molecule has 0 saturated heterocycles. The fourth-order valence-corrected chi connectivity index (χ4v) is 1.24. The topological polar surface area (TPSA) is 46.2 Å². The summed E-state index contributed by atoms with van der Waals surface area (Å²) in [5.74, 6) is 0. The maximum absolute atomic E-state index is 8.93. The molecule has 12 heavy (non-hydrogen) atoms. The van der Waals surface area contributed by atoms with Gasteiger partial charge in [0.15, 0.2) is 0 Å². The molecule has 0 unspecified atom stereocenters. The van der Waals surface area contributed by atoms with Gasteiger partial charge in [-0.3, -0.25) is 0 Å². The van der Waals surface area contributed by atoms with Gasteiger partial charge >= 0.3 is 0 Å². The summed E-state index contributed by atoms with van der Waals surface area (Å²) in [6, 6.07) is 5.84. The molecular formula is C10H15NO. The van der Waals surface area contributed by atoms with Crippen LogP contribution in [0.1, 0.15) is 24.5 Å². The first-order valence-electron chi connectivity index (χ1n) is 4.26. The molecular weight excluding hydrogens is 150 g/mol. The smallest absolute Gasteiger partial charge is 0.0702 e. The number of rotatable bonds is 3. The lowest BCUT2D eigenvalue weighted by Gasteiger charge is -2.04. The maximum atomic E-state index is 8.93. The number of nitrogen functional groups attached to an aromatic ring is 1. The number of anilines is 1. The zero-order valence-corrected chi connectivity index (χ0v) is 7.38. The Hall–Kier alpha value is -1.02. The quantitative estimate of drug-likeness (QED) is 0.670. The number of aryl methyl sites for hydroxylation is 1. The Balaban J connectivity index is 2.89. The lowest BCUT2D eigenvalue weighted by atomic mass is 10.1. The molecule has 0 radical (unpaired) electrons. The highest BCUT2D eigenvalue weighted by Crippen LogP contribution is 2.14. The standard InChI is InChI=1S/C10H15NO/c1-2-3-8-4-5-10(11)9(6-8)7-12/h4-6,12H,2-3,7,11H2,1H3. The third-order valence-corrected chi connectivity index (χ3v) is 1.92. The molecule has 0 fully saturated rings. The van der Waals surface area contributed by atoms with Gasteiger partial charge in [-0.05, 0) is 18.1 Å². The van der Waals surface area contributed by atoms with E-state index in [1.807, 2.05) is 18.2 Å². The average Bonchev–Trinajstić information content (AvgIpc) is 2.09. The summed E-state index contributed by atoms with van der Waals surface area (Å²) in [5.41, 5.74) is 8.39. The van der Waals surface area contributed by atoms with Gasteiger partial charge in [-0.2, -0.15) is 0 Å². The predicted octanol–water partition coefficient (Wildman–Crippen LogP) is 1.71. The summed E-state index contributed by atoms with van der Waals surface area (Å²) in [7, 11) is 0. The fourth-order valence-electron chi connectivity index (χ4n) is 1.24. The number of nitrogens with two attached hydrogens (primary N) is 1. The third kappa shape index (κ3) is 1.98. The summed E-state index contributed by atoms with van der Waals surface area (Å²) < 4.78 is 0. The molecule has 0 amide bonds. The lowest BCUT2D eigenvalue weighted by molar-refractivity contribution is 0.282. The van der Waals surface area contributed by atoms with Crippen LogP contribution < -0.4 is 5.73 Å². The molecule has 66 valence electrons. The second-order valence-electron chi connectivity index (χ2n) is 2.94. The fraction of sp³-hybridized carbons (Fsp3) is 0.400. The minimum atomic E-state index is 0.0311. The van der Waals surface area contributed by atoms with Gasteiger partial charge in [-0.25, -0.2) is 0 Å². The van der Waals surface area contributed by atoms with Gasteiger partial charge in [0.1, 0.15) is 0 Å². The molecule has 0 heterocycles. The molecule has 2 nitrogen and oxygen atoms in total. The van der Waals surface area contributed by atoms with E-state index < -0.39 is 0 Å². The minimum absolute atomic E-state index is 0.0311. The van der Waals surface area contributed by atoms with Crippen molar-refractivity contribution in [2.24, 2.45) is 0 Å². The van der Waals surface area contributed by atoms with Crippen molar-refractivity contribution in [1.82, 2.24) is 0 Å². The van der Waals surface area contributed by atoms with E-state index in [0.29, 0.717) is 5.69 Å². The van der Waals surface area contributed by atoms with Crippen LogP contribution >= 0.6 is 0 Å². The third-order valence-electron chi connectivity index (χ3n) is 1.92. The van der Waals surface area contributed by atoms with Crippen molar-refractivity contribution < 1.29 is 5.11 Å². The molecule has 0 bridgehead atoms. The van der Waals surface area contributed by atoms with Crippen molar-refractivity contribution in [2.45, 2.75) is 26.4 Å². The molecule has 1 aromatic rings. The molecule has 3 N–H and O–H groups in total. The van der Waals surface area contributed by atoms with E-state index in [1.165, 1.54) is 5.56 Å². The minimum Gasteiger partial charge on any atom is -0.398 e. The van der Waals surface area contributed by atoms with Gasteiger partial charge < -0.3 is 10.8 Å². The first-order chi connectivity index (χ1) is 5.77. The largest absolute Gasteiger partial charge is 0.398 e. The average molecular weight is 165 g/mol. The molecule has 1 aromatic carbocycles. The van der Waals surface area contributed by atoms with Gasteiger partial charge in [0, 0.05) is 11.3 Å². The summed E-state index contributed by atoms with van der Waals surface area (Å²) in [5, 5.41) is 8.93.